The van der Waals surface area contributed by atoms with Gasteiger partial charge in [0.15, 0.2) is 11.4 Å². The molecule has 0 aromatic heterocycles. The van der Waals surface area contributed by atoms with Crippen LogP contribution >= 0.6 is 0 Å². The maximum Gasteiger partial charge on any atom is 1.00 e. The van der Waals surface area contributed by atoms with E-state index in [1.807, 2.05) is 0 Å². The second-order valence-corrected chi connectivity index (χ2v) is 13.5. The molecule has 0 spiro atoms. The summed E-state index contributed by atoms with van der Waals surface area (Å²) in [5, 5.41) is 40.4. The molecule has 2 aromatic rings. The van der Waals surface area contributed by atoms with E-state index in [-0.39, 0.29) is 113 Å². The van der Waals surface area contributed by atoms with Crippen molar-refractivity contribution in [2.24, 2.45) is 5.10 Å². The van der Waals surface area contributed by atoms with E-state index in [9.17, 15) is 45.4 Å². The van der Waals surface area contributed by atoms with Gasteiger partial charge in [-0.25, -0.2) is 21.8 Å². The number of carbonyl (C=O) groups is 3. The van der Waals surface area contributed by atoms with Crippen LogP contribution in [0.25, 0.3) is 0 Å². The van der Waals surface area contributed by atoms with E-state index < -0.39 is 66.6 Å². The molecule has 0 saturated carbocycles. The molecule has 0 saturated heterocycles. The van der Waals surface area contributed by atoms with Crippen LogP contribution in [0.4, 0.5) is 0 Å². The molecular weight excluding hydrogens is 758 g/mol. The number of hydrogen-bond donors (Lipinski definition) is 6. The molecule has 0 bridgehead atoms. The average molecular weight is 791 g/mol. The fourth-order valence-electron chi connectivity index (χ4n) is 4.88. The zero-order valence-corrected chi connectivity index (χ0v) is 34.1. The first-order chi connectivity index (χ1) is 24.1. The summed E-state index contributed by atoms with van der Waals surface area (Å²) in [6.07, 6.45) is 7.41. The van der Waals surface area contributed by atoms with Crippen LogP contribution in [0, 0.1) is 0 Å². The van der Waals surface area contributed by atoms with Crippen molar-refractivity contribution in [3.8, 4) is 0 Å². The number of hydrazine groups is 1. The average Bonchev–Trinajstić information content (AvgIpc) is 3.57. The van der Waals surface area contributed by atoms with Crippen molar-refractivity contribution in [3.63, 3.8) is 0 Å². The number of aliphatic hydroxyl groups is 3. The summed E-state index contributed by atoms with van der Waals surface area (Å²) in [4.78, 5) is 37.6. The summed E-state index contributed by atoms with van der Waals surface area (Å²) in [7, 11) is -9.81. The molecule has 3 amide bonds. The maximum atomic E-state index is 13.3. The normalized spacial score (nSPS) is 18.4. The summed E-state index contributed by atoms with van der Waals surface area (Å²) >= 11 is 0. The first-order valence-electron chi connectivity index (χ1n) is 14.9. The Hall–Kier alpha value is -3.06. The number of rotatable bonds is 15. The van der Waals surface area contributed by atoms with Gasteiger partial charge in [-0.2, -0.15) is 10.1 Å². The summed E-state index contributed by atoms with van der Waals surface area (Å²) in [5.74, 6) is -2.37. The van der Waals surface area contributed by atoms with Crippen molar-refractivity contribution in [2.75, 3.05) is 26.3 Å². The molecule has 22 heteroatoms. The largest absolute Gasteiger partial charge is 1.00 e. The van der Waals surface area contributed by atoms with E-state index in [0.717, 1.165) is 28.2 Å². The van der Waals surface area contributed by atoms with Gasteiger partial charge < -0.3 is 40.5 Å². The predicted molar refractivity (Wildman–Crippen MR) is 175 cm³/mol. The molecule has 18 nitrogen and oxygen atoms in total. The SMILES string of the molecule is O=C(NCCO)C1=CC(O)(C=CC=CC=C2C(=O)N(Cc3ccccc3S(=O)(=O)[O-])N=C2C(=O)NCCO)N(Cc2ccccc2S(=O)(=O)[O-])N1.[Na+].[Na+]. The molecule has 4 rings (SSSR count). The molecule has 0 aliphatic carbocycles. The number of hydrazone groups is 1. The Morgan fingerprint density at radius 2 is 1.36 bits per heavy atom. The predicted octanol–water partition coefficient (Wildman–Crippen LogP) is -7.95. The number of nitrogens with one attached hydrogen (secondary N) is 3. The number of hydrogen-bond acceptors (Lipinski definition) is 15. The Morgan fingerprint density at radius 3 is 1.91 bits per heavy atom. The molecule has 2 aliphatic rings. The third kappa shape index (κ3) is 12.0. The maximum absolute atomic E-state index is 13.3. The van der Waals surface area contributed by atoms with Gasteiger partial charge in [-0.3, -0.25) is 14.4 Å². The Labute approximate surface area is 349 Å². The van der Waals surface area contributed by atoms with E-state index >= 15 is 0 Å². The second kappa shape index (κ2) is 20.0. The van der Waals surface area contributed by atoms with Crippen molar-refractivity contribution < 1.29 is 115 Å². The minimum atomic E-state index is -4.91. The molecule has 6 N–H and O–H groups in total. The molecule has 2 heterocycles. The number of nitrogens with zero attached hydrogens (tertiary/aromatic N) is 3. The van der Waals surface area contributed by atoms with Crippen LogP contribution in [0.2, 0.25) is 0 Å². The van der Waals surface area contributed by atoms with Crippen molar-refractivity contribution in [3.05, 3.63) is 107 Å². The van der Waals surface area contributed by atoms with Gasteiger partial charge in [-0.05, 0) is 41.5 Å². The van der Waals surface area contributed by atoms with Crippen molar-refractivity contribution in [2.45, 2.75) is 28.6 Å². The van der Waals surface area contributed by atoms with Gasteiger partial charge in [0.1, 0.15) is 25.9 Å². The molecule has 272 valence electrons. The third-order valence-electron chi connectivity index (χ3n) is 7.20. The summed E-state index contributed by atoms with van der Waals surface area (Å²) in [6, 6.07) is 10.4. The molecule has 2 aliphatic heterocycles. The smallest absolute Gasteiger partial charge is 0.744 e. The zero-order valence-electron chi connectivity index (χ0n) is 28.5. The summed E-state index contributed by atoms with van der Waals surface area (Å²) in [6.45, 7) is -1.92. The third-order valence-corrected chi connectivity index (χ3v) is 9.07. The van der Waals surface area contributed by atoms with Gasteiger partial charge in [0.2, 0.25) is 0 Å². The van der Waals surface area contributed by atoms with Crippen LogP contribution in [-0.2, 0) is 47.7 Å². The van der Waals surface area contributed by atoms with Crippen LogP contribution in [0.1, 0.15) is 11.1 Å². The van der Waals surface area contributed by atoms with Gasteiger partial charge in [-0.1, -0.05) is 54.6 Å². The van der Waals surface area contributed by atoms with Gasteiger partial charge in [0, 0.05) is 19.6 Å². The Kier molecular flexibility index (Phi) is 17.4. The van der Waals surface area contributed by atoms with Crippen LogP contribution in [0.5, 0.6) is 0 Å². The fourth-order valence-corrected chi connectivity index (χ4v) is 6.28. The second-order valence-electron chi connectivity index (χ2n) is 10.8. The van der Waals surface area contributed by atoms with Crippen molar-refractivity contribution in [1.29, 1.82) is 0 Å². The van der Waals surface area contributed by atoms with E-state index in [2.05, 4.69) is 21.2 Å². The number of carbonyl (C=O) groups excluding carboxylic acids is 3. The number of amides is 3. The van der Waals surface area contributed by atoms with Crippen LogP contribution < -0.4 is 75.2 Å². The molecule has 2 aromatic carbocycles. The Bertz CT molecular complexity index is 2070. The van der Waals surface area contributed by atoms with Crippen LogP contribution in [0.15, 0.2) is 111 Å². The molecule has 0 radical (unpaired) electrons. The number of benzene rings is 2. The van der Waals surface area contributed by atoms with Gasteiger partial charge in [-0.15, -0.1) is 0 Å². The molecule has 1 unspecified atom stereocenters. The number of aliphatic hydroxyl groups excluding tert-OH is 2. The van der Waals surface area contributed by atoms with Crippen molar-refractivity contribution in [1.82, 2.24) is 26.1 Å². The van der Waals surface area contributed by atoms with Gasteiger partial charge >= 0.3 is 59.1 Å². The van der Waals surface area contributed by atoms with Crippen molar-refractivity contribution >= 4 is 43.7 Å². The standard InChI is InChI=1S/C31H34N6O12S2.2Na/c38-16-14-32-28(40)24-18-31(43,37(34-24)20-22-9-4-6-12-26(22)51(47,48)49)13-7-1-2-10-23-27(29(41)33-15-17-39)35-36(30(23)42)19-21-8-3-5-11-25(21)50(44,45)46;;/h1-13,18,34,38-39,43H,14-17,19-20H2,(H,32,40)(H,33,41)(H,44,45,46)(H,47,48,49);;/q;2*+1/p-2. The first kappa shape index (κ1) is 46.1. The van der Waals surface area contributed by atoms with Gasteiger partial charge in [0.25, 0.3) is 17.7 Å². The van der Waals surface area contributed by atoms with E-state index in [1.54, 1.807) is 0 Å². The fraction of sp³-hybridized carbons (Fsp3) is 0.226. The van der Waals surface area contributed by atoms with Gasteiger partial charge in [0.05, 0.1) is 35.1 Å². The summed E-state index contributed by atoms with van der Waals surface area (Å²) in [5.41, 5.74) is -0.256. The first-order valence-corrected chi connectivity index (χ1v) is 17.7. The Morgan fingerprint density at radius 1 is 0.830 bits per heavy atom. The quantitative estimate of drug-likeness (QED) is 0.0423. The monoisotopic (exact) mass is 790 g/mol. The van der Waals surface area contributed by atoms with Crippen LogP contribution in [-0.4, -0.2) is 107 Å². The van der Waals surface area contributed by atoms with Crippen LogP contribution in [0.3, 0.4) is 0 Å². The van der Waals surface area contributed by atoms with E-state index in [4.69, 9.17) is 10.2 Å². The molecule has 53 heavy (non-hydrogen) atoms. The summed E-state index contributed by atoms with van der Waals surface area (Å²) < 4.78 is 70.8. The number of allylic oxidation sites excluding steroid dienone is 4. The molecular formula is C31H32N6Na2O12S2. The molecule has 1 atom stereocenters. The topological polar surface area (TPSA) is 281 Å². The van der Waals surface area contributed by atoms with E-state index in [1.165, 1.54) is 66.8 Å². The minimum absolute atomic E-state index is 0. The minimum Gasteiger partial charge on any atom is -0.744 e. The molecule has 0 fully saturated rings. The Balaban J connectivity index is 0.00000486. The van der Waals surface area contributed by atoms with E-state index in [0.29, 0.717) is 0 Å². The zero-order chi connectivity index (χ0) is 37.4.